The van der Waals surface area contributed by atoms with Crippen molar-refractivity contribution >= 4 is 65.8 Å². The van der Waals surface area contributed by atoms with Gasteiger partial charge in [0.15, 0.2) is 0 Å². The fourth-order valence-electron chi connectivity index (χ4n) is 7.61. The Morgan fingerprint density at radius 3 is 2.39 bits per heavy atom. The van der Waals surface area contributed by atoms with Gasteiger partial charge in [0, 0.05) is 54.7 Å². The van der Waals surface area contributed by atoms with Gasteiger partial charge in [0.25, 0.3) is 0 Å². The zero-order valence-electron chi connectivity index (χ0n) is 24.9. The first kappa shape index (κ1) is 25.8. The van der Waals surface area contributed by atoms with Crippen molar-refractivity contribution in [3.63, 3.8) is 0 Å². The van der Waals surface area contributed by atoms with E-state index in [9.17, 15) is 0 Å². The van der Waals surface area contributed by atoms with Gasteiger partial charge in [0.2, 0.25) is 5.95 Å². The van der Waals surface area contributed by atoms with Gasteiger partial charge in [0.05, 0.1) is 17.4 Å². The molecule has 2 aromatic heterocycles. The van der Waals surface area contributed by atoms with Crippen LogP contribution in [0.3, 0.4) is 0 Å². The minimum atomic E-state index is 0.0694. The second-order valence-corrected chi connectivity index (χ2v) is 13.2. The summed E-state index contributed by atoms with van der Waals surface area (Å²) in [6, 6.07) is 37.1. The van der Waals surface area contributed by atoms with E-state index in [1.807, 2.05) is 11.3 Å². The van der Waals surface area contributed by atoms with Crippen LogP contribution in [0.15, 0.2) is 134 Å². The number of nitrogens with one attached hydrogen (secondary N) is 1. The Kier molecular flexibility index (Phi) is 5.60. The quantitative estimate of drug-likeness (QED) is 0.217. The molecular weight excluding hydrogens is 581 g/mol. The topological polar surface area (TPSA) is 41.1 Å². The summed E-state index contributed by atoms with van der Waals surface area (Å²) < 4.78 is 2.69. The van der Waals surface area contributed by atoms with Gasteiger partial charge >= 0.3 is 0 Å². The first-order valence-electron chi connectivity index (χ1n) is 15.8. The largest absolute Gasteiger partial charge is 0.366 e. The van der Waals surface area contributed by atoms with Gasteiger partial charge in [-0.1, -0.05) is 127 Å². The van der Waals surface area contributed by atoms with E-state index in [1.165, 1.54) is 53.3 Å². The molecule has 7 aromatic rings. The number of hydrogen-bond acceptors (Lipinski definition) is 5. The van der Waals surface area contributed by atoms with Crippen molar-refractivity contribution in [1.29, 1.82) is 0 Å². The van der Waals surface area contributed by atoms with Crippen LogP contribution in [-0.2, 0) is 0 Å². The molecule has 0 fully saturated rings. The number of hydrogen-bond donors (Lipinski definition) is 1. The Labute approximate surface area is 270 Å². The Morgan fingerprint density at radius 1 is 0.717 bits per heavy atom. The Balaban J connectivity index is 1.25. The third-order valence-electron chi connectivity index (χ3n) is 9.59. The van der Waals surface area contributed by atoms with E-state index < -0.39 is 0 Å². The molecule has 2 atom stereocenters. The molecule has 0 radical (unpaired) electrons. The van der Waals surface area contributed by atoms with Crippen LogP contribution in [-0.4, -0.2) is 22.6 Å². The van der Waals surface area contributed by atoms with E-state index in [0.29, 0.717) is 0 Å². The van der Waals surface area contributed by atoms with Gasteiger partial charge in [-0.15, -0.1) is 11.3 Å². The molecule has 0 bridgehead atoms. The molecule has 0 amide bonds. The Hall–Kier alpha value is -5.52. The fourth-order valence-corrected chi connectivity index (χ4v) is 8.92. The minimum absolute atomic E-state index is 0.0694. The van der Waals surface area contributed by atoms with Crippen LogP contribution in [0.2, 0.25) is 0 Å². The predicted molar refractivity (Wildman–Crippen MR) is 194 cm³/mol. The van der Waals surface area contributed by atoms with Crippen molar-refractivity contribution in [2.75, 3.05) is 16.8 Å². The van der Waals surface area contributed by atoms with Gasteiger partial charge in [0.1, 0.15) is 5.82 Å². The van der Waals surface area contributed by atoms with E-state index in [2.05, 4.69) is 150 Å². The number of thiophene rings is 1. The molecule has 10 rings (SSSR count). The van der Waals surface area contributed by atoms with Gasteiger partial charge in [-0.3, -0.25) is 0 Å². The van der Waals surface area contributed by atoms with Gasteiger partial charge in [-0.05, 0) is 28.6 Å². The lowest BCUT2D eigenvalue weighted by atomic mass is 9.89. The summed E-state index contributed by atoms with van der Waals surface area (Å²) in [7, 11) is 0. The van der Waals surface area contributed by atoms with Gasteiger partial charge in [-0.2, -0.15) is 4.98 Å². The molecule has 46 heavy (non-hydrogen) atoms. The first-order valence-corrected chi connectivity index (χ1v) is 16.6. The lowest BCUT2D eigenvalue weighted by Gasteiger charge is -2.29. The molecule has 5 heteroatoms. The maximum atomic E-state index is 5.46. The summed E-state index contributed by atoms with van der Waals surface area (Å²) in [5.41, 5.74) is 8.00. The summed E-state index contributed by atoms with van der Waals surface area (Å²) in [6.45, 7) is 0.740. The van der Waals surface area contributed by atoms with Crippen molar-refractivity contribution in [3.05, 3.63) is 145 Å². The predicted octanol–water partition coefficient (Wildman–Crippen LogP) is 10.5. The standard InChI is InChI=1S/C41H28N4S/c1-2-12-25(13-3-1)26-14-10-15-27(24-26)37-32-20-11-23-42-40(32)44-41(43-37)45-33-21-8-6-18-30(33)36-38(45)29-17-5-4-16-28(29)35-31-19-7-9-22-34(31)46-39(35)36/h1-22,24,30,33H,23H2,(H,42,43,44). The van der Waals surface area contributed by atoms with Crippen molar-refractivity contribution < 1.29 is 0 Å². The highest BCUT2D eigenvalue weighted by Gasteiger charge is 2.42. The normalized spacial score (nSPS) is 17.8. The van der Waals surface area contributed by atoms with Crippen LogP contribution < -0.4 is 10.2 Å². The molecule has 5 aromatic carbocycles. The molecule has 218 valence electrons. The fraction of sp³-hybridized carbons (Fsp3) is 0.0732. The zero-order chi connectivity index (χ0) is 30.2. The second-order valence-electron chi connectivity index (χ2n) is 12.1. The number of fused-ring (bicyclic) bond motifs is 11. The van der Waals surface area contributed by atoms with Crippen molar-refractivity contribution in [3.8, 4) is 22.4 Å². The third kappa shape index (κ3) is 3.72. The number of aromatic nitrogens is 2. The molecule has 2 unspecified atom stereocenters. The minimum Gasteiger partial charge on any atom is -0.366 e. The van der Waals surface area contributed by atoms with Crippen molar-refractivity contribution in [1.82, 2.24) is 9.97 Å². The summed E-state index contributed by atoms with van der Waals surface area (Å²) >= 11 is 1.91. The van der Waals surface area contributed by atoms with Crippen LogP contribution in [0.4, 0.5) is 17.5 Å². The number of rotatable bonds is 3. The molecule has 4 heterocycles. The SMILES string of the molecule is C1=CC2c3c(c4ccccc4c4c3sc3ccccc34)N(c3nc4c(c(-c5cccc(-c6ccccc6)c5)n3)C=CCN4)C2C=C1. The van der Waals surface area contributed by atoms with Crippen molar-refractivity contribution in [2.24, 2.45) is 0 Å². The third-order valence-corrected chi connectivity index (χ3v) is 10.8. The van der Waals surface area contributed by atoms with Crippen LogP contribution in [0.25, 0.3) is 59.4 Å². The number of benzene rings is 5. The molecule has 0 saturated heterocycles. The summed E-state index contributed by atoms with van der Waals surface area (Å²) in [5.74, 6) is 1.79. The van der Waals surface area contributed by atoms with Crippen LogP contribution in [0.5, 0.6) is 0 Å². The highest BCUT2D eigenvalue weighted by atomic mass is 32.1. The van der Waals surface area contributed by atoms with E-state index in [0.717, 1.165) is 35.1 Å². The lowest BCUT2D eigenvalue weighted by Crippen LogP contribution is -2.30. The molecular formula is C41H28N4S. The zero-order valence-corrected chi connectivity index (χ0v) is 25.7. The second kappa shape index (κ2) is 9.99. The highest BCUT2D eigenvalue weighted by molar-refractivity contribution is 7.26. The molecule has 0 spiro atoms. The van der Waals surface area contributed by atoms with E-state index >= 15 is 0 Å². The Bertz CT molecular complexity index is 2450. The number of allylic oxidation sites excluding steroid dienone is 2. The van der Waals surface area contributed by atoms with E-state index in [4.69, 9.17) is 9.97 Å². The number of nitrogens with zero attached hydrogens (tertiary/aromatic N) is 3. The summed E-state index contributed by atoms with van der Waals surface area (Å²) in [4.78, 5) is 13.2. The van der Waals surface area contributed by atoms with Crippen LogP contribution >= 0.6 is 11.3 Å². The van der Waals surface area contributed by atoms with Crippen LogP contribution in [0, 0.1) is 0 Å². The van der Waals surface area contributed by atoms with Crippen molar-refractivity contribution in [2.45, 2.75) is 12.0 Å². The molecule has 4 nitrogen and oxygen atoms in total. The van der Waals surface area contributed by atoms with Crippen LogP contribution in [0.1, 0.15) is 17.0 Å². The molecule has 2 aliphatic heterocycles. The lowest BCUT2D eigenvalue weighted by molar-refractivity contribution is 0.733. The van der Waals surface area contributed by atoms with Gasteiger partial charge < -0.3 is 10.2 Å². The summed E-state index contributed by atoms with van der Waals surface area (Å²) in [6.07, 6.45) is 13.4. The van der Waals surface area contributed by atoms with E-state index in [-0.39, 0.29) is 12.0 Å². The van der Waals surface area contributed by atoms with E-state index in [1.54, 1.807) is 0 Å². The molecule has 1 N–H and O–H groups in total. The maximum absolute atomic E-state index is 5.46. The summed E-state index contributed by atoms with van der Waals surface area (Å²) in [5, 5.41) is 8.77. The smallest absolute Gasteiger partial charge is 0.233 e. The average Bonchev–Trinajstić information content (AvgIpc) is 3.69. The first-order chi connectivity index (χ1) is 22.8. The molecule has 0 saturated carbocycles. The van der Waals surface area contributed by atoms with Gasteiger partial charge in [-0.25, -0.2) is 4.98 Å². The maximum Gasteiger partial charge on any atom is 0.233 e. The highest BCUT2D eigenvalue weighted by Crippen LogP contribution is 2.56. The molecule has 1 aliphatic carbocycles. The monoisotopic (exact) mass is 608 g/mol. The average molecular weight is 609 g/mol. The molecule has 3 aliphatic rings. The Morgan fingerprint density at radius 2 is 1.48 bits per heavy atom. The number of anilines is 3.